The van der Waals surface area contributed by atoms with Gasteiger partial charge in [-0.1, -0.05) is 49.4 Å². The highest BCUT2D eigenvalue weighted by molar-refractivity contribution is 14.1. The van der Waals surface area contributed by atoms with Gasteiger partial charge in [0.25, 0.3) is 0 Å². The summed E-state index contributed by atoms with van der Waals surface area (Å²) in [5.41, 5.74) is 1.51. The molecule has 0 radical (unpaired) electrons. The quantitative estimate of drug-likeness (QED) is 0.465. The van der Waals surface area contributed by atoms with E-state index in [1.807, 2.05) is 61.5 Å². The molecule has 0 saturated heterocycles. The first-order chi connectivity index (χ1) is 9.20. The van der Waals surface area contributed by atoms with E-state index in [0.29, 0.717) is 6.42 Å². The average molecular weight is 366 g/mol. The first-order valence-electron chi connectivity index (χ1n) is 5.98. The van der Waals surface area contributed by atoms with Gasteiger partial charge in [-0.25, -0.2) is 0 Å². The van der Waals surface area contributed by atoms with Crippen molar-refractivity contribution < 1.29 is 9.59 Å². The van der Waals surface area contributed by atoms with Gasteiger partial charge in [0.15, 0.2) is 5.78 Å². The smallest absolute Gasteiger partial charge is 0.194 e. The minimum absolute atomic E-state index is 0.0839. The van der Waals surface area contributed by atoms with Crippen LogP contribution >= 0.6 is 22.6 Å². The van der Waals surface area contributed by atoms with E-state index in [-0.39, 0.29) is 5.78 Å². The molecule has 98 valence electrons. The molecule has 19 heavy (non-hydrogen) atoms. The molecule has 0 aromatic heterocycles. The van der Waals surface area contributed by atoms with Gasteiger partial charge in [-0.15, -0.1) is 0 Å². The average Bonchev–Trinajstić information content (AvgIpc) is 2.48. The SMILES string of the molecule is CCC=O.O=C(c1ccccc1)c1ccccc1I. The lowest BCUT2D eigenvalue weighted by atomic mass is 10.0. The third-order valence-electron chi connectivity index (χ3n) is 2.32. The first kappa shape index (κ1) is 15.6. The lowest BCUT2D eigenvalue weighted by Gasteiger charge is -2.02. The molecular weight excluding hydrogens is 351 g/mol. The number of ketones is 1. The van der Waals surface area contributed by atoms with E-state index in [9.17, 15) is 9.59 Å². The number of carbonyl (C=O) groups is 2. The van der Waals surface area contributed by atoms with Crippen LogP contribution in [0.1, 0.15) is 29.3 Å². The highest BCUT2D eigenvalue weighted by atomic mass is 127. The largest absolute Gasteiger partial charge is 0.303 e. The van der Waals surface area contributed by atoms with Gasteiger partial charge >= 0.3 is 0 Å². The van der Waals surface area contributed by atoms with Gasteiger partial charge in [0, 0.05) is 21.1 Å². The predicted molar refractivity (Wildman–Crippen MR) is 85.4 cm³/mol. The summed E-state index contributed by atoms with van der Waals surface area (Å²) < 4.78 is 0.990. The van der Waals surface area contributed by atoms with Gasteiger partial charge in [-0.05, 0) is 34.7 Å². The molecule has 0 aliphatic carbocycles. The Morgan fingerprint density at radius 2 is 1.58 bits per heavy atom. The van der Waals surface area contributed by atoms with Crippen molar-refractivity contribution in [3.8, 4) is 0 Å². The fourth-order valence-corrected chi connectivity index (χ4v) is 2.02. The molecule has 0 saturated carbocycles. The number of benzene rings is 2. The summed E-state index contributed by atoms with van der Waals surface area (Å²) in [5.74, 6) is 0.0839. The van der Waals surface area contributed by atoms with Crippen LogP contribution in [0, 0.1) is 3.57 Å². The zero-order chi connectivity index (χ0) is 14.1. The second-order valence-electron chi connectivity index (χ2n) is 3.75. The number of halogens is 1. The van der Waals surface area contributed by atoms with Crippen LogP contribution in [0.15, 0.2) is 54.6 Å². The van der Waals surface area contributed by atoms with E-state index in [1.54, 1.807) is 0 Å². The number of aldehydes is 1. The van der Waals surface area contributed by atoms with Crippen LogP contribution < -0.4 is 0 Å². The van der Waals surface area contributed by atoms with Crippen molar-refractivity contribution in [3.63, 3.8) is 0 Å². The van der Waals surface area contributed by atoms with Gasteiger partial charge < -0.3 is 4.79 Å². The zero-order valence-electron chi connectivity index (χ0n) is 10.7. The van der Waals surface area contributed by atoms with Crippen LogP contribution in [-0.4, -0.2) is 12.1 Å². The molecular formula is C16H15IO2. The van der Waals surface area contributed by atoms with E-state index in [0.717, 1.165) is 21.0 Å². The number of hydrogen-bond donors (Lipinski definition) is 0. The summed E-state index contributed by atoms with van der Waals surface area (Å²) in [5, 5.41) is 0. The van der Waals surface area contributed by atoms with Crippen molar-refractivity contribution in [1.29, 1.82) is 0 Å². The molecule has 2 aromatic carbocycles. The molecule has 3 heteroatoms. The van der Waals surface area contributed by atoms with Gasteiger partial charge in [0.05, 0.1) is 0 Å². The molecule has 0 unspecified atom stereocenters. The molecule has 0 aliphatic heterocycles. The lowest BCUT2D eigenvalue weighted by Crippen LogP contribution is -2.02. The summed E-state index contributed by atoms with van der Waals surface area (Å²) in [6, 6.07) is 17.0. The van der Waals surface area contributed by atoms with Gasteiger partial charge in [0.2, 0.25) is 0 Å². The van der Waals surface area contributed by atoms with Crippen molar-refractivity contribution in [3.05, 3.63) is 69.3 Å². The fraction of sp³-hybridized carbons (Fsp3) is 0.125. The maximum atomic E-state index is 12.1. The molecule has 0 bridgehead atoms. The molecule has 2 rings (SSSR count). The Labute approximate surface area is 127 Å². The Morgan fingerprint density at radius 3 is 2.11 bits per heavy atom. The van der Waals surface area contributed by atoms with E-state index >= 15 is 0 Å². The van der Waals surface area contributed by atoms with Gasteiger partial charge in [-0.2, -0.15) is 0 Å². The molecule has 2 aromatic rings. The van der Waals surface area contributed by atoms with Crippen molar-refractivity contribution in [2.75, 3.05) is 0 Å². The molecule has 0 heterocycles. The minimum Gasteiger partial charge on any atom is -0.303 e. The van der Waals surface area contributed by atoms with Crippen LogP contribution in [0.4, 0.5) is 0 Å². The third-order valence-corrected chi connectivity index (χ3v) is 3.26. The van der Waals surface area contributed by atoms with Crippen LogP contribution in [0.5, 0.6) is 0 Å². The fourth-order valence-electron chi connectivity index (χ4n) is 1.39. The van der Waals surface area contributed by atoms with E-state index in [2.05, 4.69) is 22.6 Å². The lowest BCUT2D eigenvalue weighted by molar-refractivity contribution is -0.107. The summed E-state index contributed by atoms with van der Waals surface area (Å²) in [6.45, 7) is 1.81. The normalized spacial score (nSPS) is 9.16. The highest BCUT2D eigenvalue weighted by Crippen LogP contribution is 2.15. The molecule has 0 amide bonds. The van der Waals surface area contributed by atoms with Crippen molar-refractivity contribution in [2.24, 2.45) is 0 Å². The first-order valence-corrected chi connectivity index (χ1v) is 7.06. The standard InChI is InChI=1S/C13H9IO.C3H6O/c14-12-9-5-4-8-11(12)13(15)10-6-2-1-3-7-10;1-2-3-4/h1-9H;3H,2H2,1H3. The molecule has 0 aliphatic rings. The maximum Gasteiger partial charge on any atom is 0.194 e. The monoisotopic (exact) mass is 366 g/mol. The van der Waals surface area contributed by atoms with Gasteiger partial charge in [0.1, 0.15) is 6.29 Å². The Morgan fingerprint density at radius 1 is 1.05 bits per heavy atom. The Kier molecular flexibility index (Phi) is 7.03. The van der Waals surface area contributed by atoms with Crippen LogP contribution in [0.3, 0.4) is 0 Å². The Balaban J connectivity index is 0.000000399. The molecule has 0 fully saturated rings. The third kappa shape index (κ3) is 4.95. The number of carbonyl (C=O) groups excluding carboxylic acids is 2. The molecule has 0 N–H and O–H groups in total. The van der Waals surface area contributed by atoms with Crippen LogP contribution in [-0.2, 0) is 4.79 Å². The molecule has 0 spiro atoms. The van der Waals surface area contributed by atoms with Crippen molar-refractivity contribution in [1.82, 2.24) is 0 Å². The zero-order valence-corrected chi connectivity index (χ0v) is 12.8. The summed E-state index contributed by atoms with van der Waals surface area (Å²) >= 11 is 2.18. The summed E-state index contributed by atoms with van der Waals surface area (Å²) in [4.78, 5) is 21.2. The topological polar surface area (TPSA) is 34.1 Å². The minimum atomic E-state index is 0.0839. The van der Waals surface area contributed by atoms with Crippen LogP contribution in [0.2, 0.25) is 0 Å². The van der Waals surface area contributed by atoms with E-state index < -0.39 is 0 Å². The second kappa shape index (κ2) is 8.58. The predicted octanol–water partition coefficient (Wildman–Crippen LogP) is 4.12. The highest BCUT2D eigenvalue weighted by Gasteiger charge is 2.10. The molecule has 2 nitrogen and oxygen atoms in total. The second-order valence-corrected chi connectivity index (χ2v) is 4.91. The maximum absolute atomic E-state index is 12.1. The summed E-state index contributed by atoms with van der Waals surface area (Å²) in [6.07, 6.45) is 1.51. The molecule has 0 atom stereocenters. The van der Waals surface area contributed by atoms with E-state index in [1.165, 1.54) is 0 Å². The van der Waals surface area contributed by atoms with Crippen LogP contribution in [0.25, 0.3) is 0 Å². The Bertz CT molecular complexity index is 535. The van der Waals surface area contributed by atoms with Gasteiger partial charge in [-0.3, -0.25) is 4.79 Å². The Hall–Kier alpha value is -1.49. The van der Waals surface area contributed by atoms with Crippen molar-refractivity contribution >= 4 is 34.7 Å². The van der Waals surface area contributed by atoms with E-state index in [4.69, 9.17) is 0 Å². The number of hydrogen-bond acceptors (Lipinski definition) is 2. The summed E-state index contributed by atoms with van der Waals surface area (Å²) in [7, 11) is 0. The number of rotatable bonds is 3. The van der Waals surface area contributed by atoms with Crippen molar-refractivity contribution in [2.45, 2.75) is 13.3 Å².